The highest BCUT2D eigenvalue weighted by molar-refractivity contribution is 7.09. The molecule has 152 valence electrons. The Labute approximate surface area is 173 Å². The number of rotatable bonds is 7. The van der Waals surface area contributed by atoms with Crippen LogP contribution in [0.15, 0.2) is 46.8 Å². The second-order valence-electron chi connectivity index (χ2n) is 7.46. The third kappa shape index (κ3) is 4.64. The van der Waals surface area contributed by atoms with Gasteiger partial charge in [0, 0.05) is 23.9 Å². The van der Waals surface area contributed by atoms with E-state index in [0.29, 0.717) is 19.6 Å². The molecule has 2 N–H and O–H groups in total. The molecule has 2 aromatic heterocycles. The van der Waals surface area contributed by atoms with Gasteiger partial charge in [-0.05, 0) is 48.9 Å². The first kappa shape index (κ1) is 19.6. The van der Waals surface area contributed by atoms with Gasteiger partial charge in [0.25, 0.3) is 0 Å². The van der Waals surface area contributed by atoms with Crippen LogP contribution in [-0.2, 0) is 25.6 Å². The lowest BCUT2D eigenvalue weighted by Crippen LogP contribution is -2.41. The maximum Gasteiger partial charge on any atom is 0.192 e. The smallest absolute Gasteiger partial charge is 0.192 e. The maximum absolute atomic E-state index is 13.7. The Bertz CT molecular complexity index is 991. The van der Waals surface area contributed by atoms with Gasteiger partial charge in [0.2, 0.25) is 0 Å². The van der Waals surface area contributed by atoms with Crippen LogP contribution in [0.4, 0.5) is 4.39 Å². The number of thiophene rings is 1. The van der Waals surface area contributed by atoms with Crippen LogP contribution in [-0.4, -0.2) is 27.3 Å². The summed E-state index contributed by atoms with van der Waals surface area (Å²) in [5.74, 6) is 2.21. The highest BCUT2D eigenvalue weighted by atomic mass is 32.1. The third-order valence-corrected chi connectivity index (χ3v) is 6.33. The van der Waals surface area contributed by atoms with Gasteiger partial charge in [-0.2, -0.15) is 0 Å². The molecule has 3 aromatic rings. The monoisotopic (exact) mass is 412 g/mol. The van der Waals surface area contributed by atoms with Crippen molar-refractivity contribution < 1.29 is 4.39 Å². The van der Waals surface area contributed by atoms with E-state index in [1.165, 1.54) is 10.9 Å². The first-order valence-electron chi connectivity index (χ1n) is 9.71. The topological polar surface area (TPSA) is 67.1 Å². The summed E-state index contributed by atoms with van der Waals surface area (Å²) in [5.41, 5.74) is 1.03. The summed E-state index contributed by atoms with van der Waals surface area (Å²) in [6, 6.07) is 11.1. The molecule has 2 heterocycles. The normalized spacial score (nSPS) is 15.3. The number of aliphatic imine (C=N–C) groups is 1. The van der Waals surface area contributed by atoms with E-state index in [4.69, 9.17) is 4.99 Å². The van der Waals surface area contributed by atoms with Crippen molar-refractivity contribution in [1.29, 1.82) is 0 Å². The minimum absolute atomic E-state index is 0.0190. The third-order valence-electron chi connectivity index (χ3n) is 5.46. The molecular formula is C21H25FN6S. The van der Waals surface area contributed by atoms with Crippen LogP contribution in [0.5, 0.6) is 0 Å². The van der Waals surface area contributed by atoms with Crippen molar-refractivity contribution in [2.45, 2.75) is 38.3 Å². The van der Waals surface area contributed by atoms with Crippen molar-refractivity contribution in [2.24, 2.45) is 12.0 Å². The molecule has 1 fully saturated rings. The molecule has 0 unspecified atom stereocenters. The zero-order valence-corrected chi connectivity index (χ0v) is 17.5. The Hall–Kier alpha value is -2.74. The van der Waals surface area contributed by atoms with E-state index in [1.807, 2.05) is 30.7 Å². The number of hydrogen-bond acceptors (Lipinski definition) is 4. The molecule has 1 aliphatic carbocycles. The van der Waals surface area contributed by atoms with Crippen molar-refractivity contribution in [3.8, 4) is 0 Å². The zero-order valence-electron chi connectivity index (χ0n) is 16.7. The number of benzene rings is 1. The van der Waals surface area contributed by atoms with E-state index >= 15 is 0 Å². The molecule has 0 aliphatic heterocycles. The Balaban J connectivity index is 1.46. The van der Waals surface area contributed by atoms with Gasteiger partial charge in [-0.3, -0.25) is 0 Å². The molecule has 8 heteroatoms. The fourth-order valence-electron chi connectivity index (χ4n) is 3.29. The number of nitrogens with one attached hydrogen (secondary N) is 2. The van der Waals surface area contributed by atoms with E-state index in [1.54, 1.807) is 23.5 Å². The lowest BCUT2D eigenvalue weighted by molar-refractivity contribution is 0.606. The predicted octanol–water partition coefficient (Wildman–Crippen LogP) is 3.29. The summed E-state index contributed by atoms with van der Waals surface area (Å²) in [6.45, 7) is 3.77. The van der Waals surface area contributed by atoms with Crippen LogP contribution in [0.25, 0.3) is 0 Å². The van der Waals surface area contributed by atoms with E-state index in [0.717, 1.165) is 36.0 Å². The number of aryl methyl sites for hydroxylation is 1. The van der Waals surface area contributed by atoms with Crippen molar-refractivity contribution in [3.63, 3.8) is 0 Å². The standard InChI is InChI=1S/C21H25FN6S/c1-15-26-27-19(28(15)2)13-24-20(23-12-18-7-4-10-29-18)25-14-21(8-9-21)16-5-3-6-17(22)11-16/h3-7,10-11H,8-9,12-14H2,1-2H3,(H2,23,24,25). The molecule has 0 amide bonds. The van der Waals surface area contributed by atoms with Crippen LogP contribution in [0.2, 0.25) is 0 Å². The molecule has 0 saturated heterocycles. The molecule has 4 rings (SSSR count). The zero-order chi connectivity index (χ0) is 20.3. The van der Waals surface area contributed by atoms with Crippen LogP contribution < -0.4 is 10.6 Å². The van der Waals surface area contributed by atoms with Crippen LogP contribution >= 0.6 is 11.3 Å². The molecule has 6 nitrogen and oxygen atoms in total. The van der Waals surface area contributed by atoms with Gasteiger partial charge in [-0.1, -0.05) is 18.2 Å². The number of guanidine groups is 1. The summed E-state index contributed by atoms with van der Waals surface area (Å²) in [7, 11) is 1.94. The fourth-order valence-corrected chi connectivity index (χ4v) is 3.93. The Kier molecular flexibility index (Phi) is 5.62. The van der Waals surface area contributed by atoms with Crippen molar-refractivity contribution in [1.82, 2.24) is 25.4 Å². The van der Waals surface area contributed by atoms with Crippen molar-refractivity contribution >= 4 is 17.3 Å². The molecule has 29 heavy (non-hydrogen) atoms. The summed E-state index contributed by atoms with van der Waals surface area (Å²) in [4.78, 5) is 5.95. The van der Waals surface area contributed by atoms with E-state index in [2.05, 4.69) is 32.3 Å². The van der Waals surface area contributed by atoms with Crippen LogP contribution in [0, 0.1) is 12.7 Å². The van der Waals surface area contributed by atoms with Crippen molar-refractivity contribution in [2.75, 3.05) is 6.54 Å². The number of hydrogen-bond donors (Lipinski definition) is 2. The van der Waals surface area contributed by atoms with E-state index in [9.17, 15) is 4.39 Å². The minimum Gasteiger partial charge on any atom is -0.355 e. The molecule has 0 bridgehead atoms. The predicted molar refractivity (Wildman–Crippen MR) is 113 cm³/mol. The molecule has 1 saturated carbocycles. The number of nitrogens with zero attached hydrogens (tertiary/aromatic N) is 4. The van der Waals surface area contributed by atoms with Gasteiger partial charge in [-0.15, -0.1) is 21.5 Å². The second-order valence-corrected chi connectivity index (χ2v) is 8.50. The quantitative estimate of drug-likeness (QED) is 0.462. The first-order valence-corrected chi connectivity index (χ1v) is 10.6. The average molecular weight is 413 g/mol. The van der Waals surface area contributed by atoms with Gasteiger partial charge >= 0.3 is 0 Å². The van der Waals surface area contributed by atoms with E-state index in [-0.39, 0.29) is 11.2 Å². The molecule has 0 radical (unpaired) electrons. The minimum atomic E-state index is -0.184. The largest absolute Gasteiger partial charge is 0.355 e. The highest BCUT2D eigenvalue weighted by Crippen LogP contribution is 2.47. The van der Waals surface area contributed by atoms with E-state index < -0.39 is 0 Å². The second kappa shape index (κ2) is 8.32. The highest BCUT2D eigenvalue weighted by Gasteiger charge is 2.44. The lowest BCUT2D eigenvalue weighted by Gasteiger charge is -2.19. The maximum atomic E-state index is 13.7. The SMILES string of the molecule is Cc1nnc(CN=C(NCc2cccs2)NCC2(c3cccc(F)c3)CC2)n1C. The molecular weight excluding hydrogens is 387 g/mol. The Morgan fingerprint density at radius 1 is 1.24 bits per heavy atom. The summed E-state index contributed by atoms with van der Waals surface area (Å²) >= 11 is 1.71. The fraction of sp³-hybridized carbons (Fsp3) is 0.381. The van der Waals surface area contributed by atoms with Crippen molar-refractivity contribution in [3.05, 3.63) is 69.7 Å². The number of aromatic nitrogens is 3. The average Bonchev–Trinajstić information content (AvgIpc) is 3.20. The summed E-state index contributed by atoms with van der Waals surface area (Å²) < 4.78 is 15.6. The van der Waals surface area contributed by atoms with Gasteiger partial charge in [-0.25, -0.2) is 9.38 Å². The van der Waals surface area contributed by atoms with Gasteiger partial charge in [0.05, 0.1) is 6.54 Å². The molecule has 1 aromatic carbocycles. The van der Waals surface area contributed by atoms with Gasteiger partial charge in [0.15, 0.2) is 11.8 Å². The molecule has 0 atom stereocenters. The van der Waals surface area contributed by atoms with Gasteiger partial charge < -0.3 is 15.2 Å². The number of halogens is 1. The van der Waals surface area contributed by atoms with Crippen LogP contribution in [0.3, 0.4) is 0 Å². The van der Waals surface area contributed by atoms with Crippen LogP contribution in [0.1, 0.15) is 34.9 Å². The lowest BCUT2D eigenvalue weighted by atomic mass is 9.96. The summed E-state index contributed by atoms with van der Waals surface area (Å²) in [5, 5.41) is 17.2. The Morgan fingerprint density at radius 3 is 2.76 bits per heavy atom. The molecule has 1 aliphatic rings. The first-order chi connectivity index (χ1) is 14.1. The molecule has 0 spiro atoms. The summed E-state index contributed by atoms with van der Waals surface area (Å²) in [6.07, 6.45) is 2.09. The van der Waals surface area contributed by atoms with Gasteiger partial charge in [0.1, 0.15) is 18.2 Å². The Morgan fingerprint density at radius 2 is 2.10 bits per heavy atom.